The molecule has 2 heterocycles. The Labute approximate surface area is 153 Å². The van der Waals surface area contributed by atoms with Crippen LogP contribution in [-0.4, -0.2) is 66.5 Å². The van der Waals surface area contributed by atoms with Gasteiger partial charge in [-0.05, 0) is 37.7 Å². The number of nitrogens with zero attached hydrogens (tertiary/aromatic N) is 3. The van der Waals surface area contributed by atoms with Crippen LogP contribution in [0.25, 0.3) is 0 Å². The van der Waals surface area contributed by atoms with Gasteiger partial charge in [0, 0.05) is 31.5 Å². The average Bonchev–Trinajstić information content (AvgIpc) is 2.63. The highest BCUT2D eigenvalue weighted by atomic mass is 16.5. The van der Waals surface area contributed by atoms with Crippen LogP contribution in [0.4, 0.5) is 17.5 Å². The van der Waals surface area contributed by atoms with Crippen molar-refractivity contribution >= 4 is 17.5 Å². The molecule has 1 atom stereocenters. The Bertz CT molecular complexity index is 724. The van der Waals surface area contributed by atoms with E-state index in [-0.39, 0.29) is 6.61 Å². The second-order valence-electron chi connectivity index (χ2n) is 6.13. The predicted molar refractivity (Wildman–Crippen MR) is 100 cm³/mol. The lowest BCUT2D eigenvalue weighted by Crippen LogP contribution is -2.43. The van der Waals surface area contributed by atoms with Gasteiger partial charge < -0.3 is 30.1 Å². The van der Waals surface area contributed by atoms with E-state index in [0.717, 1.165) is 24.6 Å². The Morgan fingerprint density at radius 2 is 2.12 bits per heavy atom. The molecule has 0 amide bonds. The van der Waals surface area contributed by atoms with Crippen LogP contribution in [0.15, 0.2) is 30.5 Å². The minimum absolute atomic E-state index is 0.210. The Morgan fingerprint density at radius 1 is 1.27 bits per heavy atom. The van der Waals surface area contributed by atoms with E-state index in [1.807, 2.05) is 12.1 Å². The molecule has 140 valence electrons. The van der Waals surface area contributed by atoms with Crippen molar-refractivity contribution in [1.29, 1.82) is 0 Å². The molecule has 0 saturated carbocycles. The zero-order valence-corrected chi connectivity index (χ0v) is 15.1. The second-order valence-corrected chi connectivity index (χ2v) is 6.13. The number of benzene rings is 1. The summed E-state index contributed by atoms with van der Waals surface area (Å²) in [5.41, 5.74) is 0.770. The minimum atomic E-state index is -0.535. The van der Waals surface area contributed by atoms with Gasteiger partial charge in [-0.25, -0.2) is 4.98 Å². The number of aliphatic hydroxyl groups is 1. The number of hydrogen-bond acceptors (Lipinski definition) is 8. The molecule has 1 aromatic heterocycles. The van der Waals surface area contributed by atoms with E-state index in [4.69, 9.17) is 9.47 Å². The molecule has 1 saturated heterocycles. The summed E-state index contributed by atoms with van der Waals surface area (Å²) in [4.78, 5) is 10.7. The van der Waals surface area contributed by atoms with Crippen LogP contribution >= 0.6 is 0 Å². The summed E-state index contributed by atoms with van der Waals surface area (Å²) in [6, 6.07) is 7.26. The Balaban J connectivity index is 1.65. The normalized spacial score (nSPS) is 15.0. The van der Waals surface area contributed by atoms with E-state index in [1.54, 1.807) is 32.5 Å². The van der Waals surface area contributed by atoms with E-state index < -0.39 is 6.10 Å². The van der Waals surface area contributed by atoms with Crippen molar-refractivity contribution < 1.29 is 14.6 Å². The van der Waals surface area contributed by atoms with Crippen molar-refractivity contribution in [3.63, 3.8) is 0 Å². The van der Waals surface area contributed by atoms with E-state index in [1.165, 1.54) is 6.42 Å². The number of rotatable bonds is 9. The van der Waals surface area contributed by atoms with Gasteiger partial charge >= 0.3 is 0 Å². The summed E-state index contributed by atoms with van der Waals surface area (Å²) in [5, 5.41) is 16.2. The van der Waals surface area contributed by atoms with Crippen molar-refractivity contribution in [1.82, 2.24) is 14.9 Å². The van der Waals surface area contributed by atoms with Gasteiger partial charge in [-0.2, -0.15) is 4.98 Å². The molecule has 3 N–H and O–H groups in total. The molecule has 1 aromatic carbocycles. The maximum atomic E-state index is 10.1. The summed E-state index contributed by atoms with van der Waals surface area (Å²) in [7, 11) is 3.39. The third-order valence-electron chi connectivity index (χ3n) is 4.18. The molecule has 1 fully saturated rings. The number of hydrogen-bond donors (Lipinski definition) is 3. The van der Waals surface area contributed by atoms with Crippen molar-refractivity contribution in [3.05, 3.63) is 30.5 Å². The van der Waals surface area contributed by atoms with Gasteiger partial charge in [0.15, 0.2) is 11.5 Å². The molecule has 0 bridgehead atoms. The van der Waals surface area contributed by atoms with Crippen LogP contribution in [0.3, 0.4) is 0 Å². The summed E-state index contributed by atoms with van der Waals surface area (Å²) < 4.78 is 11.1. The van der Waals surface area contributed by atoms with Crippen molar-refractivity contribution in [2.45, 2.75) is 12.5 Å². The van der Waals surface area contributed by atoms with Crippen molar-refractivity contribution in [3.8, 4) is 11.5 Å². The minimum Gasteiger partial charge on any atom is -0.493 e. The fraction of sp³-hybridized carbons (Fsp3) is 0.444. The van der Waals surface area contributed by atoms with Crippen LogP contribution in [-0.2, 0) is 0 Å². The maximum Gasteiger partial charge on any atom is 0.229 e. The van der Waals surface area contributed by atoms with Gasteiger partial charge in [0.25, 0.3) is 0 Å². The van der Waals surface area contributed by atoms with Gasteiger partial charge in [-0.15, -0.1) is 0 Å². The van der Waals surface area contributed by atoms with E-state index in [9.17, 15) is 5.11 Å². The standard InChI is InChI=1S/C18H25N5O3/c1-19-17-6-7-20-18(22-17)21-13-4-5-15(25-2)16(10-13)26-12-14(24)11-23-8-3-9-23/h4-7,10,14,24H,3,8-9,11-12H2,1-2H3,(H2,19,20,21,22)/t14-/m1/s1. The highest BCUT2D eigenvalue weighted by Gasteiger charge is 2.18. The molecule has 8 nitrogen and oxygen atoms in total. The zero-order chi connectivity index (χ0) is 18.4. The fourth-order valence-electron chi connectivity index (χ4n) is 2.66. The molecule has 1 aliphatic rings. The number of aliphatic hydroxyl groups excluding tert-OH is 1. The van der Waals surface area contributed by atoms with Gasteiger partial charge in [0.05, 0.1) is 7.11 Å². The van der Waals surface area contributed by atoms with Crippen LogP contribution in [0, 0.1) is 0 Å². The lowest BCUT2D eigenvalue weighted by atomic mass is 10.2. The van der Waals surface area contributed by atoms with Crippen molar-refractivity contribution in [2.75, 3.05) is 51.0 Å². The molecule has 2 aromatic rings. The number of ether oxygens (including phenoxy) is 2. The fourth-order valence-corrected chi connectivity index (χ4v) is 2.66. The summed E-state index contributed by atoms with van der Waals surface area (Å²) in [6.07, 6.45) is 2.34. The first-order valence-corrected chi connectivity index (χ1v) is 8.67. The van der Waals surface area contributed by atoms with Gasteiger partial charge in [0.1, 0.15) is 18.5 Å². The zero-order valence-electron chi connectivity index (χ0n) is 15.1. The van der Waals surface area contributed by atoms with Gasteiger partial charge in [-0.1, -0.05) is 0 Å². The molecule has 0 spiro atoms. The molecule has 3 rings (SSSR count). The molecule has 1 aliphatic heterocycles. The molecule has 0 unspecified atom stereocenters. The number of methoxy groups -OCH3 is 1. The smallest absolute Gasteiger partial charge is 0.229 e. The highest BCUT2D eigenvalue weighted by Crippen LogP contribution is 2.31. The lowest BCUT2D eigenvalue weighted by molar-refractivity contribution is 0.0460. The third kappa shape index (κ3) is 4.74. The predicted octanol–water partition coefficient (Wildman–Crippen LogP) is 1.72. The van der Waals surface area contributed by atoms with Gasteiger partial charge in [0.2, 0.25) is 5.95 Å². The second kappa shape index (κ2) is 8.68. The lowest BCUT2D eigenvalue weighted by Gasteiger charge is -2.32. The maximum absolute atomic E-state index is 10.1. The molecule has 0 aliphatic carbocycles. The Hall–Kier alpha value is -2.58. The van der Waals surface area contributed by atoms with E-state index in [0.29, 0.717) is 24.0 Å². The largest absolute Gasteiger partial charge is 0.493 e. The summed E-state index contributed by atoms with van der Waals surface area (Å²) >= 11 is 0. The van der Waals surface area contributed by atoms with Crippen molar-refractivity contribution in [2.24, 2.45) is 0 Å². The molecule has 0 radical (unpaired) electrons. The van der Waals surface area contributed by atoms with Crippen LogP contribution in [0.5, 0.6) is 11.5 Å². The highest BCUT2D eigenvalue weighted by molar-refractivity contribution is 5.60. The quantitative estimate of drug-likeness (QED) is 0.623. The first-order chi connectivity index (χ1) is 12.7. The SMILES string of the molecule is CNc1ccnc(Nc2ccc(OC)c(OC[C@H](O)CN3CCC3)c2)n1. The van der Waals surface area contributed by atoms with Crippen LogP contribution < -0.4 is 20.1 Å². The summed E-state index contributed by atoms with van der Waals surface area (Å²) in [6.45, 7) is 2.93. The Kier molecular flexibility index (Phi) is 6.08. The van der Waals surface area contributed by atoms with Crippen LogP contribution in [0.2, 0.25) is 0 Å². The topological polar surface area (TPSA) is 91.8 Å². The summed E-state index contributed by atoms with van der Waals surface area (Å²) in [5.74, 6) is 2.37. The first kappa shape index (κ1) is 18.2. The number of β-amino-alcohol motifs (C(OH)–C–C–N with tert-alkyl or cyclic N) is 1. The molecular formula is C18H25N5O3. The number of likely N-dealkylation sites (tertiary alicyclic amines) is 1. The third-order valence-corrected chi connectivity index (χ3v) is 4.18. The molecule has 26 heavy (non-hydrogen) atoms. The molecular weight excluding hydrogens is 334 g/mol. The average molecular weight is 359 g/mol. The molecule has 8 heteroatoms. The monoisotopic (exact) mass is 359 g/mol. The Morgan fingerprint density at radius 3 is 2.81 bits per heavy atom. The first-order valence-electron chi connectivity index (χ1n) is 8.67. The number of anilines is 3. The van der Waals surface area contributed by atoms with E-state index >= 15 is 0 Å². The van der Waals surface area contributed by atoms with Crippen LogP contribution in [0.1, 0.15) is 6.42 Å². The number of nitrogens with one attached hydrogen (secondary N) is 2. The van der Waals surface area contributed by atoms with E-state index in [2.05, 4.69) is 25.5 Å². The van der Waals surface area contributed by atoms with Gasteiger partial charge in [-0.3, -0.25) is 0 Å². The number of aromatic nitrogens is 2.